The van der Waals surface area contributed by atoms with Gasteiger partial charge in [-0.05, 0) is 19.9 Å². The molecule has 2 rings (SSSR count). The number of alkyl halides is 2. The smallest absolute Gasteiger partial charge is 0.409 e. The lowest BCUT2D eigenvalue weighted by Gasteiger charge is -2.35. The third-order valence-electron chi connectivity index (χ3n) is 4.03. The van der Waals surface area contributed by atoms with Gasteiger partial charge in [-0.25, -0.2) is 9.79 Å². The number of amides is 1. The minimum absolute atomic E-state index is 0.124. The second-order valence-electron chi connectivity index (χ2n) is 5.83. The first-order valence-electron chi connectivity index (χ1n) is 9.02. The van der Waals surface area contributed by atoms with Crippen molar-refractivity contribution in [2.24, 2.45) is 4.99 Å². The minimum Gasteiger partial charge on any atom is -0.450 e. The number of guanidine groups is 1. The second kappa shape index (κ2) is 10.5. The predicted molar refractivity (Wildman–Crippen MR) is 98.1 cm³/mol. The van der Waals surface area contributed by atoms with Crippen LogP contribution in [0.15, 0.2) is 29.3 Å². The van der Waals surface area contributed by atoms with E-state index in [1.807, 2.05) is 11.8 Å². The average Bonchev–Trinajstić information content (AvgIpc) is 2.66. The Balaban J connectivity index is 2.02. The summed E-state index contributed by atoms with van der Waals surface area (Å²) in [5.74, 6) is 0.798. The van der Waals surface area contributed by atoms with Crippen LogP contribution < -0.4 is 10.1 Å². The Morgan fingerprint density at radius 2 is 1.85 bits per heavy atom. The van der Waals surface area contributed by atoms with Crippen molar-refractivity contribution in [2.45, 2.75) is 27.0 Å². The zero-order valence-electron chi connectivity index (χ0n) is 15.7. The lowest BCUT2D eigenvalue weighted by atomic mass is 10.2. The van der Waals surface area contributed by atoms with Gasteiger partial charge in [0, 0.05) is 38.3 Å². The molecule has 0 spiro atoms. The lowest BCUT2D eigenvalue weighted by molar-refractivity contribution is -0.0504. The molecule has 0 unspecified atom stereocenters. The highest BCUT2D eigenvalue weighted by molar-refractivity contribution is 5.80. The number of aliphatic imine (C=N–C) groups is 1. The Labute approximate surface area is 157 Å². The van der Waals surface area contributed by atoms with E-state index in [4.69, 9.17) is 4.74 Å². The summed E-state index contributed by atoms with van der Waals surface area (Å²) in [5, 5.41) is 3.20. The van der Waals surface area contributed by atoms with Crippen molar-refractivity contribution in [1.82, 2.24) is 15.1 Å². The van der Waals surface area contributed by atoms with E-state index in [0.717, 1.165) is 0 Å². The fraction of sp³-hybridized carbons (Fsp3) is 0.556. The quantitative estimate of drug-likeness (QED) is 0.603. The molecule has 1 amide bonds. The summed E-state index contributed by atoms with van der Waals surface area (Å²) < 4.78 is 34.7. The minimum atomic E-state index is -2.88. The van der Waals surface area contributed by atoms with E-state index in [9.17, 15) is 13.6 Å². The molecule has 7 nitrogen and oxygen atoms in total. The van der Waals surface area contributed by atoms with Crippen LogP contribution in [0.1, 0.15) is 19.4 Å². The highest BCUT2D eigenvalue weighted by Crippen LogP contribution is 2.21. The standard InChI is InChI=1S/C18H26F2N4O3/c1-3-21-17(23-9-11-24(12-10-23)18(25)26-4-2)22-13-14-7-5-6-8-15(14)27-16(19)20/h5-8,16H,3-4,9-13H2,1-2H3,(H,21,22). The summed E-state index contributed by atoms with van der Waals surface area (Å²) in [7, 11) is 0. The molecule has 1 N–H and O–H groups in total. The zero-order chi connectivity index (χ0) is 19.6. The molecule has 0 bridgehead atoms. The molecule has 1 saturated heterocycles. The Hall–Kier alpha value is -2.58. The summed E-state index contributed by atoms with van der Waals surface area (Å²) in [6.07, 6.45) is -0.308. The van der Waals surface area contributed by atoms with Gasteiger partial charge in [-0.1, -0.05) is 18.2 Å². The lowest BCUT2D eigenvalue weighted by Crippen LogP contribution is -2.53. The Bertz CT molecular complexity index is 635. The maximum Gasteiger partial charge on any atom is 0.409 e. The Morgan fingerprint density at radius 1 is 1.19 bits per heavy atom. The van der Waals surface area contributed by atoms with Gasteiger partial charge in [-0.3, -0.25) is 0 Å². The predicted octanol–water partition coefficient (Wildman–Crippen LogP) is 2.53. The van der Waals surface area contributed by atoms with Crippen LogP contribution in [-0.4, -0.2) is 67.8 Å². The second-order valence-corrected chi connectivity index (χ2v) is 5.83. The van der Waals surface area contributed by atoms with Gasteiger partial charge in [0.05, 0.1) is 13.2 Å². The number of rotatable bonds is 6. The third kappa shape index (κ3) is 6.26. The van der Waals surface area contributed by atoms with Crippen LogP contribution in [0.25, 0.3) is 0 Å². The maximum atomic E-state index is 12.5. The van der Waals surface area contributed by atoms with E-state index in [1.165, 1.54) is 6.07 Å². The SMILES string of the molecule is CCNC(=NCc1ccccc1OC(F)F)N1CCN(C(=O)OCC)CC1. The van der Waals surface area contributed by atoms with Crippen molar-refractivity contribution in [3.63, 3.8) is 0 Å². The van der Waals surface area contributed by atoms with Gasteiger partial charge in [-0.2, -0.15) is 8.78 Å². The molecule has 1 heterocycles. The number of hydrogen-bond acceptors (Lipinski definition) is 4. The number of piperazine rings is 1. The monoisotopic (exact) mass is 384 g/mol. The van der Waals surface area contributed by atoms with Gasteiger partial charge in [0.2, 0.25) is 0 Å². The molecule has 1 aromatic rings. The van der Waals surface area contributed by atoms with Crippen molar-refractivity contribution in [3.8, 4) is 5.75 Å². The van der Waals surface area contributed by atoms with Gasteiger partial charge in [-0.15, -0.1) is 0 Å². The highest BCUT2D eigenvalue weighted by Gasteiger charge is 2.23. The first-order chi connectivity index (χ1) is 13.0. The molecule has 0 atom stereocenters. The number of hydrogen-bond donors (Lipinski definition) is 1. The van der Waals surface area contributed by atoms with E-state index in [-0.39, 0.29) is 18.4 Å². The maximum absolute atomic E-state index is 12.5. The van der Waals surface area contributed by atoms with Gasteiger partial charge in [0.15, 0.2) is 5.96 Å². The van der Waals surface area contributed by atoms with Crippen LogP contribution >= 0.6 is 0 Å². The van der Waals surface area contributed by atoms with E-state index >= 15 is 0 Å². The summed E-state index contributed by atoms with van der Waals surface area (Å²) in [6.45, 7) is 4.39. The van der Waals surface area contributed by atoms with Crippen molar-refractivity contribution < 1.29 is 23.0 Å². The van der Waals surface area contributed by atoms with E-state index in [0.29, 0.717) is 50.9 Å². The topological polar surface area (TPSA) is 66.4 Å². The highest BCUT2D eigenvalue weighted by atomic mass is 19.3. The summed E-state index contributed by atoms with van der Waals surface area (Å²) in [4.78, 5) is 20.1. The molecule has 0 aliphatic carbocycles. The number of nitrogens with one attached hydrogen (secondary N) is 1. The fourth-order valence-corrected chi connectivity index (χ4v) is 2.75. The molecule has 1 aliphatic heterocycles. The number of ether oxygens (including phenoxy) is 2. The molecular weight excluding hydrogens is 358 g/mol. The molecule has 27 heavy (non-hydrogen) atoms. The number of benzene rings is 1. The largest absolute Gasteiger partial charge is 0.450 e. The first-order valence-corrected chi connectivity index (χ1v) is 9.02. The van der Waals surface area contributed by atoms with Crippen molar-refractivity contribution in [1.29, 1.82) is 0 Å². The van der Waals surface area contributed by atoms with Crippen LogP contribution in [0.5, 0.6) is 5.75 Å². The summed E-state index contributed by atoms with van der Waals surface area (Å²) >= 11 is 0. The van der Waals surface area contributed by atoms with Crippen molar-refractivity contribution in [2.75, 3.05) is 39.3 Å². The van der Waals surface area contributed by atoms with Gasteiger partial charge in [0.25, 0.3) is 0 Å². The van der Waals surface area contributed by atoms with Crippen LogP contribution in [0.2, 0.25) is 0 Å². The first kappa shape index (κ1) is 20.7. The Morgan fingerprint density at radius 3 is 2.48 bits per heavy atom. The molecule has 1 fully saturated rings. The molecule has 9 heteroatoms. The summed E-state index contributed by atoms with van der Waals surface area (Å²) in [5.41, 5.74) is 0.582. The normalized spacial score (nSPS) is 15.1. The Kier molecular flexibility index (Phi) is 8.09. The molecular formula is C18H26F2N4O3. The molecule has 1 aliphatic rings. The van der Waals surface area contributed by atoms with Crippen LogP contribution in [0.4, 0.5) is 13.6 Å². The number of carbonyl (C=O) groups is 1. The number of nitrogens with zero attached hydrogens (tertiary/aromatic N) is 3. The number of para-hydroxylation sites is 1. The van der Waals surface area contributed by atoms with Crippen LogP contribution in [0.3, 0.4) is 0 Å². The molecule has 0 aromatic heterocycles. The third-order valence-corrected chi connectivity index (χ3v) is 4.03. The van der Waals surface area contributed by atoms with Gasteiger partial charge >= 0.3 is 12.7 Å². The molecule has 150 valence electrons. The van der Waals surface area contributed by atoms with Crippen molar-refractivity contribution in [3.05, 3.63) is 29.8 Å². The molecule has 0 saturated carbocycles. The van der Waals surface area contributed by atoms with Crippen LogP contribution in [-0.2, 0) is 11.3 Å². The average molecular weight is 384 g/mol. The van der Waals surface area contributed by atoms with E-state index in [2.05, 4.69) is 15.0 Å². The van der Waals surface area contributed by atoms with Gasteiger partial charge < -0.3 is 24.6 Å². The van der Waals surface area contributed by atoms with E-state index in [1.54, 1.807) is 30.0 Å². The van der Waals surface area contributed by atoms with Crippen molar-refractivity contribution >= 4 is 12.1 Å². The van der Waals surface area contributed by atoms with E-state index < -0.39 is 6.61 Å². The number of carbonyl (C=O) groups excluding carboxylic acids is 1. The van der Waals surface area contributed by atoms with Gasteiger partial charge in [0.1, 0.15) is 5.75 Å². The number of halogens is 2. The zero-order valence-corrected chi connectivity index (χ0v) is 15.7. The summed E-state index contributed by atoms with van der Waals surface area (Å²) in [6, 6.07) is 6.62. The molecule has 0 radical (unpaired) electrons. The molecule has 1 aromatic carbocycles. The fourth-order valence-electron chi connectivity index (χ4n) is 2.75. The van der Waals surface area contributed by atoms with Crippen LogP contribution in [0, 0.1) is 0 Å².